The van der Waals surface area contributed by atoms with Crippen molar-refractivity contribution in [1.82, 2.24) is 0 Å². The summed E-state index contributed by atoms with van der Waals surface area (Å²) < 4.78 is 9.94. The maximum Gasteiger partial charge on any atom is 0.306 e. The topological polar surface area (TPSA) is 114 Å². The van der Waals surface area contributed by atoms with E-state index in [9.17, 15) is 24.6 Å². The van der Waals surface area contributed by atoms with E-state index in [1.54, 1.807) is 0 Å². The number of hydrogen-bond donors (Lipinski definition) is 2. The van der Waals surface area contributed by atoms with E-state index in [-0.39, 0.29) is 34.7 Å². The first-order valence-corrected chi connectivity index (χ1v) is 6.40. The first-order valence-electron chi connectivity index (χ1n) is 6.40. The van der Waals surface area contributed by atoms with E-state index in [1.165, 1.54) is 14.0 Å². The lowest BCUT2D eigenvalue weighted by Gasteiger charge is -2.12. The number of fused-ring (bicyclic) bond motifs is 1. The van der Waals surface area contributed by atoms with Gasteiger partial charge in [-0.1, -0.05) is 0 Å². The third kappa shape index (κ3) is 2.93. The molecule has 0 amide bonds. The minimum Gasteiger partial charge on any atom is -0.508 e. The summed E-state index contributed by atoms with van der Waals surface area (Å²) >= 11 is 0. The number of esters is 1. The van der Waals surface area contributed by atoms with Crippen LogP contribution in [0, 0.1) is 0 Å². The fourth-order valence-electron chi connectivity index (χ4n) is 2.14. The zero-order chi connectivity index (χ0) is 16.4. The Bertz CT molecular complexity index is 803. The van der Waals surface area contributed by atoms with Crippen LogP contribution in [0.5, 0.6) is 11.5 Å². The third-order valence-electron chi connectivity index (χ3n) is 3.25. The molecule has 0 fully saturated rings. The van der Waals surface area contributed by atoms with E-state index in [0.717, 1.165) is 18.2 Å². The molecule has 116 valence electrons. The lowest BCUT2D eigenvalue weighted by Crippen LogP contribution is -2.17. The van der Waals surface area contributed by atoms with Gasteiger partial charge in [-0.25, -0.2) is 0 Å². The highest BCUT2D eigenvalue weighted by molar-refractivity contribution is 5.89. The Morgan fingerprint density at radius 3 is 2.55 bits per heavy atom. The van der Waals surface area contributed by atoms with Gasteiger partial charge in [0.2, 0.25) is 0 Å². The number of Topliss-reactive ketones (excluding diaryl/α,β-unsaturated/α-hetero) is 1. The summed E-state index contributed by atoms with van der Waals surface area (Å²) in [7, 11) is 1.19. The first-order chi connectivity index (χ1) is 10.3. The van der Waals surface area contributed by atoms with Gasteiger partial charge >= 0.3 is 5.97 Å². The molecule has 0 aliphatic rings. The largest absolute Gasteiger partial charge is 0.508 e. The van der Waals surface area contributed by atoms with Crippen LogP contribution in [0.25, 0.3) is 11.0 Å². The van der Waals surface area contributed by atoms with Crippen molar-refractivity contribution in [2.45, 2.75) is 19.3 Å². The van der Waals surface area contributed by atoms with Gasteiger partial charge in [-0.05, 0) is 6.92 Å². The zero-order valence-corrected chi connectivity index (χ0v) is 12.0. The van der Waals surface area contributed by atoms with Crippen LogP contribution in [0.4, 0.5) is 0 Å². The fourth-order valence-corrected chi connectivity index (χ4v) is 2.14. The number of carbonyl (C=O) groups excluding carboxylic acids is 2. The molecule has 1 heterocycles. The van der Waals surface area contributed by atoms with Crippen molar-refractivity contribution in [3.63, 3.8) is 0 Å². The Labute approximate surface area is 124 Å². The minimum absolute atomic E-state index is 0.0274. The molecule has 0 saturated carbocycles. The van der Waals surface area contributed by atoms with Crippen molar-refractivity contribution >= 4 is 22.7 Å². The molecule has 2 rings (SSSR count). The second-order valence-corrected chi connectivity index (χ2v) is 4.79. The number of aromatic hydroxyl groups is 2. The summed E-state index contributed by atoms with van der Waals surface area (Å²) in [5, 5.41) is 19.0. The number of rotatable bonds is 4. The van der Waals surface area contributed by atoms with Crippen LogP contribution in [0.1, 0.15) is 25.0 Å². The van der Waals surface area contributed by atoms with Gasteiger partial charge in [0.1, 0.15) is 34.0 Å². The molecule has 2 N–H and O–H groups in total. The highest BCUT2D eigenvalue weighted by Gasteiger charge is 2.25. The number of phenols is 2. The smallest absolute Gasteiger partial charge is 0.306 e. The molecule has 0 bridgehead atoms. The summed E-state index contributed by atoms with van der Waals surface area (Å²) in [5.74, 6) is -2.73. The molecule has 1 aromatic heterocycles. The highest BCUT2D eigenvalue weighted by Crippen LogP contribution is 2.30. The number of hydrogen-bond acceptors (Lipinski definition) is 7. The highest BCUT2D eigenvalue weighted by atomic mass is 16.5. The van der Waals surface area contributed by atoms with Gasteiger partial charge in [0.25, 0.3) is 0 Å². The maximum atomic E-state index is 12.1. The second kappa shape index (κ2) is 5.88. The van der Waals surface area contributed by atoms with E-state index in [0.29, 0.717) is 0 Å². The molecule has 0 aliphatic carbocycles. The van der Waals surface area contributed by atoms with Crippen molar-refractivity contribution in [2.24, 2.45) is 0 Å². The van der Waals surface area contributed by atoms with Crippen molar-refractivity contribution in [3.05, 3.63) is 34.2 Å². The van der Waals surface area contributed by atoms with Crippen LogP contribution in [0.3, 0.4) is 0 Å². The van der Waals surface area contributed by atoms with Crippen LogP contribution >= 0.6 is 0 Å². The van der Waals surface area contributed by atoms with E-state index >= 15 is 0 Å². The fraction of sp³-hybridized carbons (Fsp3) is 0.267. The summed E-state index contributed by atoms with van der Waals surface area (Å²) in [6.45, 7) is 1.26. The molecule has 0 spiro atoms. The SMILES string of the molecule is COC(=O)C[C@@H](C(C)=O)c1cc(=O)c2c(O)cc(O)cc2o1. The van der Waals surface area contributed by atoms with Gasteiger partial charge in [0.15, 0.2) is 5.43 Å². The predicted molar refractivity (Wildman–Crippen MR) is 75.9 cm³/mol. The molecule has 1 atom stereocenters. The van der Waals surface area contributed by atoms with Crippen molar-refractivity contribution in [3.8, 4) is 11.5 Å². The van der Waals surface area contributed by atoms with E-state index < -0.39 is 23.1 Å². The lowest BCUT2D eigenvalue weighted by molar-refractivity contribution is -0.142. The molecule has 0 aliphatic heterocycles. The summed E-state index contributed by atoms with van der Waals surface area (Å²) in [4.78, 5) is 35.2. The van der Waals surface area contributed by atoms with E-state index in [1.807, 2.05) is 0 Å². The predicted octanol–water partition coefficient (Wildman–Crippen LogP) is 1.44. The average molecular weight is 306 g/mol. The molecule has 2 aromatic rings. The number of carbonyl (C=O) groups is 2. The van der Waals surface area contributed by atoms with Crippen molar-refractivity contribution in [2.75, 3.05) is 7.11 Å². The Morgan fingerprint density at radius 1 is 1.27 bits per heavy atom. The zero-order valence-electron chi connectivity index (χ0n) is 12.0. The van der Waals surface area contributed by atoms with Gasteiger partial charge in [-0.15, -0.1) is 0 Å². The van der Waals surface area contributed by atoms with Gasteiger partial charge in [0.05, 0.1) is 19.4 Å². The second-order valence-electron chi connectivity index (χ2n) is 4.79. The van der Waals surface area contributed by atoms with Gasteiger partial charge < -0.3 is 19.4 Å². The number of methoxy groups -OCH3 is 1. The Balaban J connectivity index is 2.62. The maximum absolute atomic E-state index is 12.1. The average Bonchev–Trinajstić information content (AvgIpc) is 2.42. The van der Waals surface area contributed by atoms with Crippen LogP contribution in [-0.2, 0) is 14.3 Å². The van der Waals surface area contributed by atoms with Gasteiger partial charge in [-0.3, -0.25) is 14.4 Å². The molecule has 0 unspecified atom stereocenters. The van der Waals surface area contributed by atoms with Crippen molar-refractivity contribution < 1.29 is 29.0 Å². The summed E-state index contributed by atoms with van der Waals surface area (Å²) in [6, 6.07) is 3.21. The quantitative estimate of drug-likeness (QED) is 0.821. The normalized spacial score (nSPS) is 12.1. The van der Waals surface area contributed by atoms with E-state index in [4.69, 9.17) is 4.42 Å². The number of ketones is 1. The third-order valence-corrected chi connectivity index (χ3v) is 3.25. The summed E-state index contributed by atoms with van der Waals surface area (Å²) in [6.07, 6.45) is -0.273. The minimum atomic E-state index is -0.978. The van der Waals surface area contributed by atoms with Crippen LogP contribution < -0.4 is 5.43 Å². The Hall–Kier alpha value is -2.83. The van der Waals surface area contributed by atoms with Crippen LogP contribution in [-0.4, -0.2) is 29.1 Å². The van der Waals surface area contributed by atoms with Crippen molar-refractivity contribution in [1.29, 1.82) is 0 Å². The standard InChI is InChI=1S/C15H14O7/c1-7(16)9(5-14(20)21-2)12-6-11(19)15-10(18)3-8(17)4-13(15)22-12/h3-4,6,9,17-18H,5H2,1-2H3/t9-/m0/s1. The number of phenolic OH excluding ortho intramolecular Hbond substituents is 2. The molecule has 7 nitrogen and oxygen atoms in total. The van der Waals surface area contributed by atoms with Crippen LogP contribution in [0.15, 0.2) is 27.4 Å². The molecular weight excluding hydrogens is 292 g/mol. The molecule has 0 radical (unpaired) electrons. The molecule has 7 heteroatoms. The van der Waals surface area contributed by atoms with Crippen LogP contribution in [0.2, 0.25) is 0 Å². The number of benzene rings is 1. The molecule has 0 saturated heterocycles. The Morgan fingerprint density at radius 2 is 1.95 bits per heavy atom. The lowest BCUT2D eigenvalue weighted by atomic mass is 9.97. The first kappa shape index (κ1) is 15.6. The number of ether oxygens (including phenoxy) is 1. The molecular formula is C15H14O7. The molecule has 22 heavy (non-hydrogen) atoms. The Kier molecular flexibility index (Phi) is 4.16. The van der Waals surface area contributed by atoms with E-state index in [2.05, 4.69) is 4.74 Å². The monoisotopic (exact) mass is 306 g/mol. The summed E-state index contributed by atoms with van der Waals surface area (Å²) in [5.41, 5.74) is -0.652. The molecule has 1 aromatic carbocycles. The van der Waals surface area contributed by atoms with Gasteiger partial charge in [0, 0.05) is 18.2 Å². The van der Waals surface area contributed by atoms with Gasteiger partial charge in [-0.2, -0.15) is 0 Å².